The summed E-state index contributed by atoms with van der Waals surface area (Å²) in [5.74, 6) is 1.35. The quantitative estimate of drug-likeness (QED) is 0.716. The molecule has 1 aliphatic heterocycles. The van der Waals surface area contributed by atoms with Gasteiger partial charge in [-0.2, -0.15) is 4.98 Å². The Hall–Kier alpha value is -2.25. The van der Waals surface area contributed by atoms with Crippen LogP contribution in [0, 0.1) is 6.92 Å². The summed E-state index contributed by atoms with van der Waals surface area (Å²) in [7, 11) is 0. The highest BCUT2D eigenvalue weighted by Gasteiger charge is 2.19. The summed E-state index contributed by atoms with van der Waals surface area (Å²) >= 11 is 1.70. The molecule has 0 amide bonds. The van der Waals surface area contributed by atoms with Crippen molar-refractivity contribution in [1.82, 2.24) is 20.0 Å². The summed E-state index contributed by atoms with van der Waals surface area (Å²) in [6.45, 7) is 6.79. The van der Waals surface area contributed by atoms with Crippen LogP contribution in [-0.2, 0) is 6.54 Å². The van der Waals surface area contributed by atoms with Crippen LogP contribution in [0.25, 0.3) is 11.4 Å². The van der Waals surface area contributed by atoms with E-state index in [9.17, 15) is 0 Å². The molecule has 6 nitrogen and oxygen atoms in total. The van der Waals surface area contributed by atoms with Crippen LogP contribution in [0.2, 0.25) is 0 Å². The van der Waals surface area contributed by atoms with Gasteiger partial charge in [-0.1, -0.05) is 29.4 Å². The second-order valence-corrected chi connectivity index (χ2v) is 7.13. The molecule has 1 saturated heterocycles. The molecule has 3 heterocycles. The molecule has 0 N–H and O–H groups in total. The van der Waals surface area contributed by atoms with E-state index < -0.39 is 0 Å². The zero-order valence-corrected chi connectivity index (χ0v) is 15.1. The summed E-state index contributed by atoms with van der Waals surface area (Å²) in [4.78, 5) is 13.7. The van der Waals surface area contributed by atoms with Gasteiger partial charge in [0.25, 0.3) is 0 Å². The average molecular weight is 355 g/mol. The first-order valence-corrected chi connectivity index (χ1v) is 9.43. The Morgan fingerprint density at radius 1 is 1.16 bits per heavy atom. The smallest absolute Gasteiger partial charge is 0.241 e. The lowest BCUT2D eigenvalue weighted by Gasteiger charge is -2.20. The number of hydrogen-bond donors (Lipinski definition) is 0. The van der Waals surface area contributed by atoms with Crippen molar-refractivity contribution in [3.8, 4) is 11.4 Å². The molecule has 0 spiro atoms. The molecule has 25 heavy (non-hydrogen) atoms. The highest BCUT2D eigenvalue weighted by molar-refractivity contribution is 7.13. The Balaban J connectivity index is 1.40. The largest absolute Gasteiger partial charge is 0.347 e. The lowest BCUT2D eigenvalue weighted by molar-refractivity contribution is 0.239. The summed E-state index contributed by atoms with van der Waals surface area (Å²) in [6.07, 6.45) is 2.98. The predicted octanol–water partition coefficient (Wildman–Crippen LogP) is 3.21. The fraction of sp³-hybridized carbons (Fsp3) is 0.389. The fourth-order valence-electron chi connectivity index (χ4n) is 3.14. The molecule has 130 valence electrons. The number of anilines is 1. The lowest BCUT2D eigenvalue weighted by atomic mass is 10.1. The second-order valence-electron chi connectivity index (χ2n) is 6.26. The predicted molar refractivity (Wildman–Crippen MR) is 98.7 cm³/mol. The van der Waals surface area contributed by atoms with Crippen molar-refractivity contribution in [3.05, 3.63) is 47.3 Å². The van der Waals surface area contributed by atoms with Crippen LogP contribution < -0.4 is 4.90 Å². The Labute approximate surface area is 151 Å². The zero-order valence-electron chi connectivity index (χ0n) is 14.3. The summed E-state index contributed by atoms with van der Waals surface area (Å²) in [5, 5.41) is 7.30. The van der Waals surface area contributed by atoms with Gasteiger partial charge in [-0.3, -0.25) is 4.90 Å². The minimum absolute atomic E-state index is 0.673. The van der Waals surface area contributed by atoms with Crippen molar-refractivity contribution >= 4 is 16.5 Å². The van der Waals surface area contributed by atoms with Gasteiger partial charge in [0, 0.05) is 43.3 Å². The van der Waals surface area contributed by atoms with Gasteiger partial charge < -0.3 is 9.42 Å². The van der Waals surface area contributed by atoms with Gasteiger partial charge in [-0.25, -0.2) is 4.98 Å². The molecule has 0 aliphatic carbocycles. The molecular formula is C18H21N5OS. The minimum Gasteiger partial charge on any atom is -0.347 e. The number of nitrogens with zero attached hydrogens (tertiary/aromatic N) is 5. The highest BCUT2D eigenvalue weighted by Crippen LogP contribution is 2.21. The maximum absolute atomic E-state index is 5.49. The number of hydrogen-bond acceptors (Lipinski definition) is 7. The van der Waals surface area contributed by atoms with Crippen LogP contribution in [0.4, 0.5) is 5.13 Å². The van der Waals surface area contributed by atoms with Crippen molar-refractivity contribution in [3.63, 3.8) is 0 Å². The van der Waals surface area contributed by atoms with Crippen LogP contribution in [-0.4, -0.2) is 46.2 Å². The van der Waals surface area contributed by atoms with Gasteiger partial charge in [-0.15, -0.1) is 11.3 Å². The van der Waals surface area contributed by atoms with Crippen LogP contribution >= 0.6 is 11.3 Å². The SMILES string of the molecule is Cc1ccccc1-c1noc(CN2CCCN(c3nccs3)CC2)n1. The Morgan fingerprint density at radius 2 is 2.08 bits per heavy atom. The van der Waals surface area contributed by atoms with Crippen LogP contribution in [0.1, 0.15) is 17.9 Å². The van der Waals surface area contributed by atoms with Crippen molar-refractivity contribution in [1.29, 1.82) is 0 Å². The van der Waals surface area contributed by atoms with Gasteiger partial charge in [-0.05, 0) is 18.9 Å². The molecule has 0 atom stereocenters. The molecule has 7 heteroatoms. The summed E-state index contributed by atoms with van der Waals surface area (Å²) < 4.78 is 5.49. The minimum atomic E-state index is 0.673. The first-order chi connectivity index (χ1) is 12.3. The Kier molecular flexibility index (Phi) is 4.76. The van der Waals surface area contributed by atoms with Crippen molar-refractivity contribution in [2.24, 2.45) is 0 Å². The van der Waals surface area contributed by atoms with Gasteiger partial charge in [0.1, 0.15) is 0 Å². The molecule has 1 aliphatic rings. The highest BCUT2D eigenvalue weighted by atomic mass is 32.1. The molecule has 0 radical (unpaired) electrons. The van der Waals surface area contributed by atoms with E-state index in [4.69, 9.17) is 4.52 Å². The van der Waals surface area contributed by atoms with E-state index in [0.29, 0.717) is 18.3 Å². The monoisotopic (exact) mass is 355 g/mol. The fourth-order valence-corrected chi connectivity index (χ4v) is 3.83. The maximum atomic E-state index is 5.49. The van der Waals surface area contributed by atoms with E-state index in [-0.39, 0.29) is 0 Å². The van der Waals surface area contributed by atoms with Crippen molar-refractivity contribution < 1.29 is 4.52 Å². The van der Waals surface area contributed by atoms with E-state index >= 15 is 0 Å². The van der Waals surface area contributed by atoms with E-state index in [0.717, 1.165) is 48.9 Å². The van der Waals surface area contributed by atoms with Crippen molar-refractivity contribution in [2.75, 3.05) is 31.1 Å². The average Bonchev–Trinajstić information content (AvgIpc) is 3.25. The number of thiazole rings is 1. The third-order valence-corrected chi connectivity index (χ3v) is 5.32. The zero-order chi connectivity index (χ0) is 17.1. The molecule has 1 fully saturated rings. The van der Waals surface area contributed by atoms with Crippen LogP contribution in [0.15, 0.2) is 40.4 Å². The number of aryl methyl sites for hydroxylation is 1. The third kappa shape index (κ3) is 3.72. The van der Waals surface area contributed by atoms with E-state index in [2.05, 4.69) is 37.9 Å². The Morgan fingerprint density at radius 3 is 2.92 bits per heavy atom. The van der Waals surface area contributed by atoms with Crippen LogP contribution in [0.3, 0.4) is 0 Å². The number of rotatable bonds is 4. The first-order valence-electron chi connectivity index (χ1n) is 8.55. The van der Waals surface area contributed by atoms with E-state index in [1.165, 1.54) is 0 Å². The normalized spacial score (nSPS) is 16.1. The number of aromatic nitrogens is 3. The molecule has 0 saturated carbocycles. The van der Waals surface area contributed by atoms with Crippen LogP contribution in [0.5, 0.6) is 0 Å². The topological polar surface area (TPSA) is 58.3 Å². The standard InChI is InChI=1S/C18H21N5OS/c1-14-5-2-3-6-15(14)17-20-16(24-21-17)13-22-8-4-9-23(11-10-22)18-19-7-12-25-18/h2-3,5-7,12H,4,8-11,13H2,1H3. The molecule has 2 aromatic heterocycles. The molecule has 0 unspecified atom stereocenters. The summed E-state index contributed by atoms with van der Waals surface area (Å²) in [6, 6.07) is 8.11. The molecule has 1 aromatic carbocycles. The van der Waals surface area contributed by atoms with Crippen molar-refractivity contribution in [2.45, 2.75) is 19.9 Å². The Bertz CT molecular complexity index is 817. The number of benzene rings is 1. The molecule has 4 rings (SSSR count). The maximum Gasteiger partial charge on any atom is 0.241 e. The molecule has 3 aromatic rings. The van der Waals surface area contributed by atoms with Gasteiger partial charge in [0.2, 0.25) is 11.7 Å². The van der Waals surface area contributed by atoms with Gasteiger partial charge in [0.15, 0.2) is 5.13 Å². The summed E-state index contributed by atoms with van der Waals surface area (Å²) in [5.41, 5.74) is 2.19. The molecular weight excluding hydrogens is 334 g/mol. The van der Waals surface area contributed by atoms with E-state index in [1.807, 2.05) is 29.8 Å². The third-order valence-electron chi connectivity index (χ3n) is 4.49. The van der Waals surface area contributed by atoms with E-state index in [1.54, 1.807) is 11.3 Å². The second kappa shape index (κ2) is 7.33. The van der Waals surface area contributed by atoms with Gasteiger partial charge >= 0.3 is 0 Å². The molecule has 0 bridgehead atoms. The van der Waals surface area contributed by atoms with Gasteiger partial charge in [0.05, 0.1) is 6.54 Å². The lowest BCUT2D eigenvalue weighted by Crippen LogP contribution is -2.30. The first kappa shape index (κ1) is 16.2.